The van der Waals surface area contributed by atoms with Crippen LogP contribution in [0.1, 0.15) is 6.92 Å². The molecule has 0 aromatic heterocycles. The van der Waals surface area contributed by atoms with E-state index in [1.165, 1.54) is 5.69 Å². The Bertz CT molecular complexity index is 389. The van der Waals surface area contributed by atoms with Crippen molar-refractivity contribution < 1.29 is 9.84 Å². The lowest BCUT2D eigenvalue weighted by atomic mass is 10.1. The summed E-state index contributed by atoms with van der Waals surface area (Å²) >= 11 is 0. The lowest BCUT2D eigenvalue weighted by molar-refractivity contribution is 0.167. The van der Waals surface area contributed by atoms with Crippen molar-refractivity contribution in [2.24, 2.45) is 5.92 Å². The standard InChI is InChI=1S/C15H24N2O2/c1-13(12-18)11-16-6-8-17(9-7-16)14-4-3-5-15(10-14)19-2/h3-5,10,13,18H,6-9,11-12H2,1-2H3. The summed E-state index contributed by atoms with van der Waals surface area (Å²) in [6, 6.07) is 8.23. The van der Waals surface area contributed by atoms with Crippen molar-refractivity contribution in [3.8, 4) is 5.75 Å². The molecule has 1 atom stereocenters. The molecular weight excluding hydrogens is 240 g/mol. The predicted molar refractivity (Wildman–Crippen MR) is 77.9 cm³/mol. The monoisotopic (exact) mass is 264 g/mol. The minimum atomic E-state index is 0.274. The minimum Gasteiger partial charge on any atom is -0.497 e. The van der Waals surface area contributed by atoms with Gasteiger partial charge < -0.3 is 14.7 Å². The molecule has 4 heteroatoms. The van der Waals surface area contributed by atoms with E-state index in [-0.39, 0.29) is 6.61 Å². The van der Waals surface area contributed by atoms with Gasteiger partial charge in [0.2, 0.25) is 0 Å². The van der Waals surface area contributed by atoms with E-state index in [0.29, 0.717) is 5.92 Å². The van der Waals surface area contributed by atoms with Crippen molar-refractivity contribution in [3.05, 3.63) is 24.3 Å². The van der Waals surface area contributed by atoms with E-state index < -0.39 is 0 Å². The van der Waals surface area contributed by atoms with Crippen LogP contribution in [0, 0.1) is 5.92 Å². The number of anilines is 1. The van der Waals surface area contributed by atoms with Crippen LogP contribution in [0.15, 0.2) is 24.3 Å². The van der Waals surface area contributed by atoms with E-state index >= 15 is 0 Å². The van der Waals surface area contributed by atoms with Crippen LogP contribution in [0.25, 0.3) is 0 Å². The summed E-state index contributed by atoms with van der Waals surface area (Å²) in [5, 5.41) is 9.10. The van der Waals surface area contributed by atoms with Crippen molar-refractivity contribution in [1.29, 1.82) is 0 Å². The molecule has 106 valence electrons. The first kappa shape index (κ1) is 14.2. The van der Waals surface area contributed by atoms with Crippen LogP contribution >= 0.6 is 0 Å². The number of hydrogen-bond donors (Lipinski definition) is 1. The minimum absolute atomic E-state index is 0.274. The molecule has 0 spiro atoms. The normalized spacial score (nSPS) is 18.4. The number of rotatable bonds is 5. The molecule has 1 aromatic carbocycles. The quantitative estimate of drug-likeness (QED) is 0.873. The first-order valence-corrected chi connectivity index (χ1v) is 6.95. The molecule has 0 aliphatic carbocycles. The van der Waals surface area contributed by atoms with E-state index in [2.05, 4.69) is 28.9 Å². The zero-order valence-electron chi connectivity index (χ0n) is 11.9. The van der Waals surface area contributed by atoms with E-state index in [1.54, 1.807) is 7.11 Å². The molecule has 0 radical (unpaired) electrons. The average Bonchev–Trinajstić information content (AvgIpc) is 2.48. The van der Waals surface area contributed by atoms with Gasteiger partial charge in [0.25, 0.3) is 0 Å². The second kappa shape index (κ2) is 6.78. The summed E-state index contributed by atoms with van der Waals surface area (Å²) in [4.78, 5) is 4.82. The van der Waals surface area contributed by atoms with Gasteiger partial charge in [0.1, 0.15) is 5.75 Å². The first-order valence-electron chi connectivity index (χ1n) is 6.95. The number of piperazine rings is 1. The number of methoxy groups -OCH3 is 1. The van der Waals surface area contributed by atoms with E-state index in [1.807, 2.05) is 12.1 Å². The molecule has 19 heavy (non-hydrogen) atoms. The van der Waals surface area contributed by atoms with Gasteiger partial charge in [-0.15, -0.1) is 0 Å². The van der Waals surface area contributed by atoms with Gasteiger partial charge in [-0.2, -0.15) is 0 Å². The summed E-state index contributed by atoms with van der Waals surface area (Å²) in [5.74, 6) is 1.28. The average molecular weight is 264 g/mol. The van der Waals surface area contributed by atoms with Crippen molar-refractivity contribution in [3.63, 3.8) is 0 Å². The highest BCUT2D eigenvalue weighted by molar-refractivity contribution is 5.51. The SMILES string of the molecule is COc1cccc(N2CCN(CC(C)CO)CC2)c1. The summed E-state index contributed by atoms with van der Waals surface area (Å²) in [6.45, 7) is 7.53. The summed E-state index contributed by atoms with van der Waals surface area (Å²) in [7, 11) is 1.70. The number of ether oxygens (including phenoxy) is 1. The van der Waals surface area contributed by atoms with Gasteiger partial charge in [0.15, 0.2) is 0 Å². The van der Waals surface area contributed by atoms with Gasteiger partial charge in [0.05, 0.1) is 7.11 Å². The van der Waals surface area contributed by atoms with Crippen molar-refractivity contribution in [2.75, 3.05) is 51.3 Å². The Morgan fingerprint density at radius 2 is 2.00 bits per heavy atom. The smallest absolute Gasteiger partial charge is 0.120 e. The summed E-state index contributed by atoms with van der Waals surface area (Å²) in [5.41, 5.74) is 1.23. The molecule has 1 saturated heterocycles. The van der Waals surface area contributed by atoms with Gasteiger partial charge in [0, 0.05) is 51.1 Å². The van der Waals surface area contributed by atoms with E-state index in [4.69, 9.17) is 9.84 Å². The zero-order valence-corrected chi connectivity index (χ0v) is 11.9. The summed E-state index contributed by atoms with van der Waals surface area (Å²) < 4.78 is 5.27. The molecular formula is C15H24N2O2. The second-order valence-corrected chi connectivity index (χ2v) is 5.28. The highest BCUT2D eigenvalue weighted by Gasteiger charge is 2.18. The van der Waals surface area contributed by atoms with Crippen LogP contribution in [-0.4, -0.2) is 56.4 Å². The second-order valence-electron chi connectivity index (χ2n) is 5.28. The fraction of sp³-hybridized carbons (Fsp3) is 0.600. The molecule has 1 aliphatic rings. The molecule has 1 fully saturated rings. The third-order valence-corrected chi connectivity index (χ3v) is 3.67. The largest absolute Gasteiger partial charge is 0.497 e. The Morgan fingerprint density at radius 3 is 2.63 bits per heavy atom. The third kappa shape index (κ3) is 3.85. The molecule has 0 saturated carbocycles. The molecule has 0 bridgehead atoms. The summed E-state index contributed by atoms with van der Waals surface area (Å²) in [6.07, 6.45) is 0. The molecule has 1 unspecified atom stereocenters. The predicted octanol–water partition coefficient (Wildman–Crippen LogP) is 1.45. The zero-order chi connectivity index (χ0) is 13.7. The molecule has 0 amide bonds. The lowest BCUT2D eigenvalue weighted by Gasteiger charge is -2.37. The number of benzene rings is 1. The van der Waals surface area contributed by atoms with Gasteiger partial charge in [-0.1, -0.05) is 13.0 Å². The van der Waals surface area contributed by atoms with Crippen molar-refractivity contribution >= 4 is 5.69 Å². The first-order chi connectivity index (χ1) is 9.22. The van der Waals surface area contributed by atoms with Gasteiger partial charge >= 0.3 is 0 Å². The fourth-order valence-corrected chi connectivity index (χ4v) is 2.49. The lowest BCUT2D eigenvalue weighted by Crippen LogP contribution is -2.47. The van der Waals surface area contributed by atoms with Gasteiger partial charge in [-0.25, -0.2) is 0 Å². The van der Waals surface area contributed by atoms with Crippen LogP contribution in [0.2, 0.25) is 0 Å². The Labute approximate surface area is 115 Å². The third-order valence-electron chi connectivity index (χ3n) is 3.67. The molecule has 1 N–H and O–H groups in total. The highest BCUT2D eigenvalue weighted by atomic mass is 16.5. The van der Waals surface area contributed by atoms with Gasteiger partial charge in [-0.05, 0) is 18.1 Å². The Kier molecular flexibility index (Phi) is 5.05. The Morgan fingerprint density at radius 1 is 1.26 bits per heavy atom. The molecule has 1 aromatic rings. The maximum absolute atomic E-state index is 9.10. The Hall–Kier alpha value is -1.26. The molecule has 2 rings (SSSR count). The van der Waals surface area contributed by atoms with Crippen LogP contribution in [0.5, 0.6) is 5.75 Å². The number of hydrogen-bond acceptors (Lipinski definition) is 4. The number of nitrogens with zero attached hydrogens (tertiary/aromatic N) is 2. The van der Waals surface area contributed by atoms with Crippen LogP contribution in [0.3, 0.4) is 0 Å². The van der Waals surface area contributed by atoms with Crippen LogP contribution in [-0.2, 0) is 0 Å². The highest BCUT2D eigenvalue weighted by Crippen LogP contribution is 2.22. The van der Waals surface area contributed by atoms with Crippen LogP contribution in [0.4, 0.5) is 5.69 Å². The number of aliphatic hydroxyl groups excluding tert-OH is 1. The number of aliphatic hydroxyl groups is 1. The maximum Gasteiger partial charge on any atom is 0.120 e. The molecule has 1 aliphatic heterocycles. The van der Waals surface area contributed by atoms with Crippen molar-refractivity contribution in [2.45, 2.75) is 6.92 Å². The van der Waals surface area contributed by atoms with E-state index in [0.717, 1.165) is 38.5 Å². The van der Waals surface area contributed by atoms with Gasteiger partial charge in [-0.3, -0.25) is 4.90 Å². The Balaban J connectivity index is 1.88. The fourth-order valence-electron chi connectivity index (χ4n) is 2.49. The molecule has 4 nitrogen and oxygen atoms in total. The maximum atomic E-state index is 9.10. The molecule has 1 heterocycles. The van der Waals surface area contributed by atoms with E-state index in [9.17, 15) is 0 Å². The van der Waals surface area contributed by atoms with Crippen molar-refractivity contribution in [1.82, 2.24) is 4.90 Å². The van der Waals surface area contributed by atoms with Crippen LogP contribution < -0.4 is 9.64 Å². The topological polar surface area (TPSA) is 35.9 Å².